The molecule has 2 rings (SSSR count). The minimum atomic E-state index is -0.347. The lowest BCUT2D eigenvalue weighted by Crippen LogP contribution is -2.20. The number of pyridine rings is 1. The molecule has 0 fully saturated rings. The number of benzene rings is 1. The highest BCUT2D eigenvalue weighted by molar-refractivity contribution is 6.03. The van der Waals surface area contributed by atoms with Crippen LogP contribution in [-0.2, 0) is 6.61 Å². The van der Waals surface area contributed by atoms with Crippen LogP contribution in [0.1, 0.15) is 39.7 Å². The highest BCUT2D eigenvalue weighted by atomic mass is 16.3. The first-order valence-electron chi connectivity index (χ1n) is 7.14. The summed E-state index contributed by atoms with van der Waals surface area (Å²) in [6.45, 7) is 4.95. The maximum absolute atomic E-state index is 12.1. The van der Waals surface area contributed by atoms with E-state index in [4.69, 9.17) is 0 Å². The monoisotopic (exact) mass is 313 g/mol. The van der Waals surface area contributed by atoms with E-state index in [1.54, 1.807) is 26.0 Å². The maximum Gasteiger partial charge on any atom is 0.271 e. The molecular formula is C17H19N3O3. The topological polar surface area (TPSA) is 94.8 Å². The fourth-order valence-electron chi connectivity index (χ4n) is 2.12. The number of aliphatic hydroxyl groups excluding tert-OH is 1. The van der Waals surface area contributed by atoms with Gasteiger partial charge in [-0.25, -0.2) is 5.43 Å². The quantitative estimate of drug-likeness (QED) is 0.595. The first kappa shape index (κ1) is 16.6. The van der Waals surface area contributed by atoms with Gasteiger partial charge in [-0.2, -0.15) is 5.10 Å². The molecule has 0 saturated carbocycles. The van der Waals surface area contributed by atoms with Gasteiger partial charge in [-0.3, -0.25) is 9.78 Å². The van der Waals surface area contributed by atoms with Gasteiger partial charge in [-0.15, -0.1) is 0 Å². The van der Waals surface area contributed by atoms with Gasteiger partial charge in [0, 0.05) is 22.9 Å². The zero-order valence-corrected chi connectivity index (χ0v) is 13.3. The van der Waals surface area contributed by atoms with E-state index in [2.05, 4.69) is 15.5 Å². The fourth-order valence-corrected chi connectivity index (χ4v) is 2.12. The number of hydrazone groups is 1. The lowest BCUT2D eigenvalue weighted by atomic mass is 10.0. The van der Waals surface area contributed by atoms with E-state index >= 15 is 0 Å². The first-order chi connectivity index (χ1) is 10.9. The van der Waals surface area contributed by atoms with Crippen LogP contribution in [0.5, 0.6) is 5.75 Å². The minimum absolute atomic E-state index is 0.0533. The maximum atomic E-state index is 12.1. The number of nitrogens with one attached hydrogen (secondary N) is 1. The average Bonchev–Trinajstić information content (AvgIpc) is 2.55. The number of aromatic nitrogens is 1. The van der Waals surface area contributed by atoms with Crippen molar-refractivity contribution in [3.8, 4) is 5.75 Å². The van der Waals surface area contributed by atoms with Gasteiger partial charge >= 0.3 is 0 Å². The molecule has 1 amide bonds. The summed E-state index contributed by atoms with van der Waals surface area (Å²) < 4.78 is 0. The van der Waals surface area contributed by atoms with Gasteiger partial charge < -0.3 is 10.2 Å². The van der Waals surface area contributed by atoms with Crippen LogP contribution in [0.15, 0.2) is 35.6 Å². The van der Waals surface area contributed by atoms with Crippen LogP contribution in [-0.4, -0.2) is 26.8 Å². The fraction of sp³-hybridized carbons (Fsp3) is 0.235. The molecule has 0 aliphatic heterocycles. The van der Waals surface area contributed by atoms with E-state index in [0.717, 1.165) is 5.56 Å². The number of rotatable bonds is 4. The van der Waals surface area contributed by atoms with E-state index in [0.29, 0.717) is 28.1 Å². The van der Waals surface area contributed by atoms with Crippen molar-refractivity contribution in [3.63, 3.8) is 0 Å². The molecule has 6 nitrogen and oxygen atoms in total. The van der Waals surface area contributed by atoms with Crippen LogP contribution >= 0.6 is 0 Å². The van der Waals surface area contributed by atoms with Crippen LogP contribution in [0.3, 0.4) is 0 Å². The summed E-state index contributed by atoms with van der Waals surface area (Å²) in [7, 11) is 0. The predicted molar refractivity (Wildman–Crippen MR) is 87.4 cm³/mol. The van der Waals surface area contributed by atoms with Crippen LogP contribution in [0.2, 0.25) is 0 Å². The van der Waals surface area contributed by atoms with Crippen LogP contribution in [0.4, 0.5) is 0 Å². The molecule has 0 saturated heterocycles. The molecule has 3 N–H and O–H groups in total. The smallest absolute Gasteiger partial charge is 0.271 e. The molecule has 23 heavy (non-hydrogen) atoms. The molecule has 2 aromatic rings. The van der Waals surface area contributed by atoms with Crippen molar-refractivity contribution < 1.29 is 15.0 Å². The van der Waals surface area contributed by atoms with Crippen molar-refractivity contribution in [3.05, 3.63) is 58.4 Å². The lowest BCUT2D eigenvalue weighted by Gasteiger charge is -2.11. The van der Waals surface area contributed by atoms with Gasteiger partial charge in [0.05, 0.1) is 18.0 Å². The Morgan fingerprint density at radius 2 is 1.91 bits per heavy atom. The van der Waals surface area contributed by atoms with Gasteiger partial charge in [0.2, 0.25) is 0 Å². The Labute approximate surface area is 134 Å². The highest BCUT2D eigenvalue weighted by Crippen LogP contribution is 2.24. The Morgan fingerprint density at radius 3 is 2.52 bits per heavy atom. The van der Waals surface area contributed by atoms with Crippen molar-refractivity contribution in [1.29, 1.82) is 0 Å². The van der Waals surface area contributed by atoms with Gasteiger partial charge in [-0.1, -0.05) is 17.7 Å². The van der Waals surface area contributed by atoms with Gasteiger partial charge in [0.15, 0.2) is 0 Å². The summed E-state index contributed by atoms with van der Waals surface area (Å²) in [6, 6.07) is 7.10. The van der Waals surface area contributed by atoms with Gasteiger partial charge in [0.1, 0.15) is 5.75 Å². The van der Waals surface area contributed by atoms with Crippen molar-refractivity contribution in [1.82, 2.24) is 10.4 Å². The SMILES string of the molecule is C/C(=N\NC(=O)c1ccc(C)cc1)c1c(CO)cnc(C)c1O. The second-order valence-electron chi connectivity index (χ2n) is 5.25. The van der Waals surface area contributed by atoms with Crippen molar-refractivity contribution in [2.24, 2.45) is 5.10 Å². The molecule has 0 spiro atoms. The predicted octanol–water partition coefficient (Wildman–Crippen LogP) is 2.05. The molecule has 0 atom stereocenters. The molecule has 0 radical (unpaired) electrons. The summed E-state index contributed by atoms with van der Waals surface area (Å²) >= 11 is 0. The molecule has 1 aromatic carbocycles. The number of nitrogens with zero attached hydrogens (tertiary/aromatic N) is 2. The zero-order chi connectivity index (χ0) is 17.0. The van der Waals surface area contributed by atoms with Gasteiger partial charge in [-0.05, 0) is 32.9 Å². The molecule has 0 unspecified atom stereocenters. The molecule has 0 bridgehead atoms. The Hall–Kier alpha value is -2.73. The number of carbonyl (C=O) groups is 1. The standard InChI is InChI=1S/C17H19N3O3/c1-10-4-6-13(7-5-10)17(23)20-19-11(2)15-14(9-21)8-18-12(3)16(15)22/h4-8,21-22H,9H2,1-3H3,(H,20,23)/b19-11+. The molecule has 0 aliphatic carbocycles. The minimum Gasteiger partial charge on any atom is -0.505 e. The van der Waals surface area contributed by atoms with Crippen molar-refractivity contribution in [2.45, 2.75) is 27.4 Å². The summed E-state index contributed by atoms with van der Waals surface area (Å²) in [5, 5.41) is 23.5. The number of hydrogen-bond acceptors (Lipinski definition) is 5. The van der Waals surface area contributed by atoms with Crippen LogP contribution < -0.4 is 5.43 Å². The molecule has 1 aromatic heterocycles. The third-order valence-corrected chi connectivity index (χ3v) is 3.49. The number of amides is 1. The zero-order valence-electron chi connectivity index (χ0n) is 13.3. The number of hydrogen-bond donors (Lipinski definition) is 3. The van der Waals surface area contributed by atoms with Crippen LogP contribution in [0.25, 0.3) is 0 Å². The molecule has 120 valence electrons. The van der Waals surface area contributed by atoms with E-state index in [1.165, 1.54) is 6.20 Å². The Balaban J connectivity index is 2.25. The molecular weight excluding hydrogens is 294 g/mol. The largest absolute Gasteiger partial charge is 0.505 e. The van der Waals surface area contributed by atoms with Crippen molar-refractivity contribution >= 4 is 11.6 Å². The summed E-state index contributed by atoms with van der Waals surface area (Å²) in [4.78, 5) is 16.0. The summed E-state index contributed by atoms with van der Waals surface area (Å²) in [5.41, 5.74) is 5.64. The second kappa shape index (κ2) is 7.02. The van der Waals surface area contributed by atoms with E-state index < -0.39 is 0 Å². The Morgan fingerprint density at radius 1 is 1.26 bits per heavy atom. The number of aromatic hydroxyl groups is 1. The normalized spacial score (nSPS) is 11.4. The third-order valence-electron chi connectivity index (χ3n) is 3.49. The van der Waals surface area contributed by atoms with E-state index in [-0.39, 0.29) is 18.3 Å². The molecule has 1 heterocycles. The first-order valence-corrected chi connectivity index (χ1v) is 7.14. The van der Waals surface area contributed by atoms with Crippen molar-refractivity contribution in [2.75, 3.05) is 0 Å². The molecule has 0 aliphatic rings. The average molecular weight is 313 g/mol. The highest BCUT2D eigenvalue weighted by Gasteiger charge is 2.14. The van der Waals surface area contributed by atoms with Gasteiger partial charge in [0.25, 0.3) is 5.91 Å². The second-order valence-corrected chi connectivity index (χ2v) is 5.25. The Kier molecular flexibility index (Phi) is 5.08. The lowest BCUT2D eigenvalue weighted by molar-refractivity contribution is 0.0955. The number of aryl methyl sites for hydroxylation is 2. The summed E-state index contributed by atoms with van der Waals surface area (Å²) in [5.74, 6) is -0.400. The van der Waals surface area contributed by atoms with E-state index in [9.17, 15) is 15.0 Å². The Bertz CT molecular complexity index is 752. The third kappa shape index (κ3) is 3.73. The number of carbonyl (C=O) groups excluding carboxylic acids is 1. The van der Waals surface area contributed by atoms with Crippen LogP contribution in [0, 0.1) is 13.8 Å². The number of aliphatic hydroxyl groups is 1. The summed E-state index contributed by atoms with van der Waals surface area (Å²) in [6.07, 6.45) is 1.48. The van der Waals surface area contributed by atoms with E-state index in [1.807, 2.05) is 19.1 Å². The molecule has 6 heteroatoms.